The molecule has 21 heavy (non-hydrogen) atoms. The van der Waals surface area contributed by atoms with Crippen molar-refractivity contribution in [2.24, 2.45) is 11.8 Å². The van der Waals surface area contributed by atoms with E-state index in [0.717, 1.165) is 12.8 Å². The van der Waals surface area contributed by atoms with Gasteiger partial charge in [0.05, 0.1) is 12.1 Å². The number of rotatable bonds is 8. The van der Waals surface area contributed by atoms with Gasteiger partial charge >= 0.3 is 12.0 Å². The number of aliphatic carboxylic acids is 1. The Morgan fingerprint density at radius 1 is 1.33 bits per heavy atom. The molecule has 1 heterocycles. The quantitative estimate of drug-likeness (QED) is 0.639. The van der Waals surface area contributed by atoms with Gasteiger partial charge in [-0.15, -0.1) is 0 Å². The van der Waals surface area contributed by atoms with E-state index in [-0.39, 0.29) is 18.0 Å². The maximum Gasteiger partial charge on any atom is 0.315 e. The highest BCUT2D eigenvalue weighted by atomic mass is 16.5. The predicted molar refractivity (Wildman–Crippen MR) is 80.2 cm³/mol. The van der Waals surface area contributed by atoms with Crippen molar-refractivity contribution in [3.05, 3.63) is 0 Å². The number of urea groups is 1. The summed E-state index contributed by atoms with van der Waals surface area (Å²) < 4.78 is 5.29. The average molecular weight is 300 g/mol. The Labute approximate surface area is 126 Å². The molecular weight excluding hydrogens is 272 g/mol. The summed E-state index contributed by atoms with van der Waals surface area (Å²) in [5.41, 5.74) is -0.273. The zero-order valence-corrected chi connectivity index (χ0v) is 13.3. The summed E-state index contributed by atoms with van der Waals surface area (Å²) in [5, 5.41) is 14.5. The van der Waals surface area contributed by atoms with Crippen molar-refractivity contribution in [3.8, 4) is 0 Å². The molecule has 0 bridgehead atoms. The second kappa shape index (κ2) is 8.22. The number of carboxylic acid groups (broad SMARTS) is 1. The first kappa shape index (κ1) is 17.8. The average Bonchev–Trinajstić information content (AvgIpc) is 2.79. The largest absolute Gasteiger partial charge is 0.481 e. The van der Waals surface area contributed by atoms with Gasteiger partial charge < -0.3 is 20.5 Å². The molecule has 0 aromatic carbocycles. The van der Waals surface area contributed by atoms with Crippen molar-refractivity contribution in [2.45, 2.75) is 52.0 Å². The molecule has 2 unspecified atom stereocenters. The van der Waals surface area contributed by atoms with Gasteiger partial charge in [-0.1, -0.05) is 13.8 Å². The van der Waals surface area contributed by atoms with Crippen LogP contribution in [0.15, 0.2) is 0 Å². The number of carboxylic acids is 1. The number of hydrogen-bond donors (Lipinski definition) is 3. The molecule has 1 rings (SSSR count). The number of hydrogen-bond acceptors (Lipinski definition) is 3. The smallest absolute Gasteiger partial charge is 0.315 e. The van der Waals surface area contributed by atoms with Crippen molar-refractivity contribution in [2.75, 3.05) is 19.8 Å². The van der Waals surface area contributed by atoms with Gasteiger partial charge in [0.1, 0.15) is 0 Å². The van der Waals surface area contributed by atoms with E-state index < -0.39 is 5.97 Å². The standard InChI is InChI=1S/C15H28N2O4/c1-11(2)12(4-5-13(18)19)6-8-16-14(20)17-15(3)7-9-21-10-15/h11-12H,4-10H2,1-3H3,(H,18,19)(H2,16,17,20). The van der Waals surface area contributed by atoms with Crippen LogP contribution in [0.2, 0.25) is 0 Å². The SMILES string of the molecule is CC(C)C(CCNC(=O)NC1(C)CCOC1)CCC(=O)O. The first-order chi connectivity index (χ1) is 9.82. The predicted octanol–water partition coefficient (Wildman–Crippen LogP) is 1.99. The molecule has 6 heteroatoms. The third kappa shape index (κ3) is 6.80. The molecule has 1 fully saturated rings. The van der Waals surface area contributed by atoms with E-state index in [2.05, 4.69) is 24.5 Å². The Hall–Kier alpha value is -1.30. The Kier molecular flexibility index (Phi) is 6.95. The lowest BCUT2D eigenvalue weighted by molar-refractivity contribution is -0.137. The molecule has 0 aliphatic carbocycles. The maximum atomic E-state index is 11.8. The van der Waals surface area contributed by atoms with E-state index in [1.807, 2.05) is 6.92 Å². The molecule has 122 valence electrons. The molecule has 3 N–H and O–H groups in total. The van der Waals surface area contributed by atoms with Gasteiger partial charge in [0, 0.05) is 19.6 Å². The molecule has 1 aliphatic heterocycles. The second-order valence-corrected chi connectivity index (χ2v) is 6.47. The highest BCUT2D eigenvalue weighted by Gasteiger charge is 2.31. The van der Waals surface area contributed by atoms with Crippen LogP contribution in [0.25, 0.3) is 0 Å². The number of carbonyl (C=O) groups excluding carboxylic acids is 1. The number of nitrogens with one attached hydrogen (secondary N) is 2. The minimum absolute atomic E-state index is 0.177. The molecule has 0 spiro atoms. The third-order valence-corrected chi connectivity index (χ3v) is 4.11. The van der Waals surface area contributed by atoms with Crippen LogP contribution >= 0.6 is 0 Å². The highest BCUT2D eigenvalue weighted by molar-refractivity contribution is 5.74. The van der Waals surface area contributed by atoms with Crippen LogP contribution in [-0.2, 0) is 9.53 Å². The van der Waals surface area contributed by atoms with Crippen LogP contribution in [0.4, 0.5) is 4.79 Å². The summed E-state index contributed by atoms with van der Waals surface area (Å²) in [7, 11) is 0. The van der Waals surface area contributed by atoms with Gasteiger partial charge in [-0.3, -0.25) is 4.79 Å². The molecule has 0 aromatic heterocycles. The monoisotopic (exact) mass is 300 g/mol. The molecule has 0 radical (unpaired) electrons. The van der Waals surface area contributed by atoms with Crippen LogP contribution in [0.3, 0.4) is 0 Å². The number of carbonyl (C=O) groups is 2. The molecule has 2 amide bonds. The van der Waals surface area contributed by atoms with Gasteiger partial charge in [-0.05, 0) is 38.0 Å². The van der Waals surface area contributed by atoms with Gasteiger partial charge in [0.25, 0.3) is 0 Å². The Bertz CT molecular complexity index is 352. The minimum Gasteiger partial charge on any atom is -0.481 e. The topological polar surface area (TPSA) is 87.7 Å². The zero-order valence-electron chi connectivity index (χ0n) is 13.3. The lowest BCUT2D eigenvalue weighted by Gasteiger charge is -2.24. The number of ether oxygens (including phenoxy) is 1. The van der Waals surface area contributed by atoms with Crippen LogP contribution in [-0.4, -0.2) is 42.4 Å². The van der Waals surface area contributed by atoms with Crippen LogP contribution < -0.4 is 10.6 Å². The van der Waals surface area contributed by atoms with E-state index in [1.165, 1.54) is 0 Å². The molecule has 1 saturated heterocycles. The molecular formula is C15H28N2O4. The second-order valence-electron chi connectivity index (χ2n) is 6.47. The van der Waals surface area contributed by atoms with Crippen LogP contribution in [0.1, 0.15) is 46.5 Å². The van der Waals surface area contributed by atoms with Crippen LogP contribution in [0, 0.1) is 11.8 Å². The fraction of sp³-hybridized carbons (Fsp3) is 0.867. The zero-order chi connectivity index (χ0) is 15.9. The summed E-state index contributed by atoms with van der Waals surface area (Å²) >= 11 is 0. The fourth-order valence-corrected chi connectivity index (χ4v) is 2.57. The molecule has 0 saturated carbocycles. The fourth-order valence-electron chi connectivity index (χ4n) is 2.57. The van der Waals surface area contributed by atoms with Gasteiger partial charge in [0.2, 0.25) is 0 Å². The molecule has 2 atom stereocenters. The summed E-state index contributed by atoms with van der Waals surface area (Å²) in [6, 6.07) is -0.177. The summed E-state index contributed by atoms with van der Waals surface area (Å²) in [5.74, 6) is -0.0396. The van der Waals surface area contributed by atoms with E-state index in [0.29, 0.717) is 38.0 Å². The van der Waals surface area contributed by atoms with E-state index in [1.54, 1.807) is 0 Å². The maximum absolute atomic E-state index is 11.8. The molecule has 0 aromatic rings. The van der Waals surface area contributed by atoms with Crippen molar-refractivity contribution < 1.29 is 19.4 Å². The van der Waals surface area contributed by atoms with Gasteiger partial charge in [0.15, 0.2) is 0 Å². The summed E-state index contributed by atoms with van der Waals surface area (Å²) in [6.45, 7) is 7.94. The van der Waals surface area contributed by atoms with E-state index in [4.69, 9.17) is 9.84 Å². The third-order valence-electron chi connectivity index (χ3n) is 4.11. The van der Waals surface area contributed by atoms with Crippen molar-refractivity contribution in [3.63, 3.8) is 0 Å². The summed E-state index contributed by atoms with van der Waals surface area (Å²) in [6.07, 6.45) is 2.46. The van der Waals surface area contributed by atoms with Gasteiger partial charge in [-0.25, -0.2) is 4.79 Å². The van der Waals surface area contributed by atoms with Crippen molar-refractivity contribution in [1.29, 1.82) is 0 Å². The Balaban J connectivity index is 2.26. The first-order valence-corrected chi connectivity index (χ1v) is 7.68. The Morgan fingerprint density at radius 3 is 2.57 bits per heavy atom. The summed E-state index contributed by atoms with van der Waals surface area (Å²) in [4.78, 5) is 22.5. The number of amides is 2. The molecule has 6 nitrogen and oxygen atoms in total. The van der Waals surface area contributed by atoms with Crippen molar-refractivity contribution in [1.82, 2.24) is 10.6 Å². The minimum atomic E-state index is -0.763. The Morgan fingerprint density at radius 2 is 2.05 bits per heavy atom. The first-order valence-electron chi connectivity index (χ1n) is 7.68. The van der Waals surface area contributed by atoms with Crippen LogP contribution in [0.5, 0.6) is 0 Å². The highest BCUT2D eigenvalue weighted by Crippen LogP contribution is 2.20. The lowest BCUT2D eigenvalue weighted by atomic mass is 9.88. The van der Waals surface area contributed by atoms with E-state index >= 15 is 0 Å². The normalized spacial score (nSPS) is 23.0. The lowest BCUT2D eigenvalue weighted by Crippen LogP contribution is -2.51. The molecule has 1 aliphatic rings. The van der Waals surface area contributed by atoms with Crippen molar-refractivity contribution >= 4 is 12.0 Å². The van der Waals surface area contributed by atoms with Gasteiger partial charge in [-0.2, -0.15) is 0 Å². The van der Waals surface area contributed by atoms with E-state index in [9.17, 15) is 9.59 Å².